The minimum Gasteiger partial charge on any atom is -0.478 e. The molecular formula is C26H19ClN2O4. The summed E-state index contributed by atoms with van der Waals surface area (Å²) in [4.78, 5) is 26.9. The number of nitrogens with one attached hydrogen (secondary N) is 1. The van der Waals surface area contributed by atoms with Gasteiger partial charge in [-0.25, -0.2) is 9.59 Å². The lowest BCUT2D eigenvalue weighted by molar-refractivity contribution is 0.0687. The minimum atomic E-state index is -1.15. The van der Waals surface area contributed by atoms with Crippen LogP contribution in [0.4, 0.5) is 0 Å². The third-order valence-electron chi connectivity index (χ3n) is 5.76. The molecule has 0 saturated carbocycles. The van der Waals surface area contributed by atoms with Crippen molar-refractivity contribution in [3.05, 3.63) is 93.6 Å². The largest absolute Gasteiger partial charge is 0.478 e. The molecule has 0 bridgehead atoms. The van der Waals surface area contributed by atoms with E-state index in [-0.39, 0.29) is 22.1 Å². The molecule has 164 valence electrons. The van der Waals surface area contributed by atoms with Crippen LogP contribution in [-0.2, 0) is 0 Å². The summed E-state index contributed by atoms with van der Waals surface area (Å²) in [6.07, 6.45) is 2.50. The van der Waals surface area contributed by atoms with Crippen LogP contribution in [0.3, 0.4) is 0 Å². The van der Waals surface area contributed by atoms with Crippen LogP contribution in [0.2, 0.25) is 5.02 Å². The highest BCUT2D eigenvalue weighted by molar-refractivity contribution is 6.31. The Morgan fingerprint density at radius 1 is 1.06 bits per heavy atom. The Morgan fingerprint density at radius 2 is 1.85 bits per heavy atom. The van der Waals surface area contributed by atoms with E-state index in [0.717, 1.165) is 16.5 Å². The number of aromatic nitrogens is 1. The maximum absolute atomic E-state index is 12.2. The summed E-state index contributed by atoms with van der Waals surface area (Å²) in [6, 6.07) is 16.9. The summed E-state index contributed by atoms with van der Waals surface area (Å²) in [6.45, 7) is 1.99. The predicted molar refractivity (Wildman–Crippen MR) is 126 cm³/mol. The van der Waals surface area contributed by atoms with Crippen molar-refractivity contribution in [3.8, 4) is 17.2 Å². The lowest BCUT2D eigenvalue weighted by Gasteiger charge is -2.22. The normalized spacial score (nSPS) is 11.8. The van der Waals surface area contributed by atoms with Crippen LogP contribution in [0.25, 0.3) is 22.0 Å². The molecule has 3 N–H and O–H groups in total. The minimum absolute atomic E-state index is 0.00472. The van der Waals surface area contributed by atoms with E-state index < -0.39 is 11.9 Å². The van der Waals surface area contributed by atoms with E-state index in [1.807, 2.05) is 19.2 Å². The highest BCUT2D eigenvalue weighted by Crippen LogP contribution is 2.41. The molecule has 4 rings (SSSR count). The molecule has 0 aliphatic rings. The molecule has 0 radical (unpaired) electrons. The van der Waals surface area contributed by atoms with Gasteiger partial charge in [0.1, 0.15) is 0 Å². The number of halogens is 1. The average Bonchev–Trinajstić information content (AvgIpc) is 3.22. The first-order chi connectivity index (χ1) is 15.8. The Bertz CT molecular complexity index is 1450. The number of carbonyl (C=O) groups is 2. The smallest absolute Gasteiger partial charge is 0.336 e. The second-order valence-electron chi connectivity index (χ2n) is 7.69. The standard InChI is InChI=1S/C26H19ClN2O4/c1-2-18(22-13-29-23-8-14(12-28)6-7-19(22)23)20-10-17(27)11-21(26(32)33)24(20)15-4-3-5-16(9-15)25(30)31/h3-11,13,18,29H,2H2,1H3,(H,30,31)(H,32,33). The third kappa shape index (κ3) is 4.07. The highest BCUT2D eigenvalue weighted by Gasteiger charge is 2.25. The van der Waals surface area contributed by atoms with Crippen LogP contribution >= 0.6 is 11.6 Å². The van der Waals surface area contributed by atoms with Gasteiger partial charge in [0, 0.05) is 33.6 Å². The van der Waals surface area contributed by atoms with Crippen LogP contribution in [0.15, 0.2) is 60.8 Å². The first-order valence-corrected chi connectivity index (χ1v) is 10.6. The fraction of sp³-hybridized carbons (Fsp3) is 0.115. The molecule has 0 aliphatic heterocycles. The number of nitriles is 1. The number of rotatable bonds is 6. The van der Waals surface area contributed by atoms with Gasteiger partial charge >= 0.3 is 11.9 Å². The number of fused-ring (bicyclic) bond motifs is 1. The van der Waals surface area contributed by atoms with Crippen LogP contribution in [0, 0.1) is 11.3 Å². The molecule has 1 unspecified atom stereocenters. The molecule has 6 nitrogen and oxygen atoms in total. The number of hydrogen-bond donors (Lipinski definition) is 3. The molecule has 33 heavy (non-hydrogen) atoms. The Balaban J connectivity index is 2.00. The monoisotopic (exact) mass is 458 g/mol. The van der Waals surface area contributed by atoms with Crippen molar-refractivity contribution in [2.45, 2.75) is 19.3 Å². The molecule has 1 aromatic heterocycles. The highest BCUT2D eigenvalue weighted by atomic mass is 35.5. The van der Waals surface area contributed by atoms with Gasteiger partial charge in [-0.05, 0) is 59.5 Å². The van der Waals surface area contributed by atoms with Gasteiger partial charge in [0.15, 0.2) is 0 Å². The van der Waals surface area contributed by atoms with Crippen LogP contribution in [0.1, 0.15) is 56.7 Å². The van der Waals surface area contributed by atoms with E-state index in [9.17, 15) is 25.1 Å². The van der Waals surface area contributed by atoms with Crippen molar-refractivity contribution in [3.63, 3.8) is 0 Å². The molecule has 0 spiro atoms. The maximum atomic E-state index is 12.2. The van der Waals surface area contributed by atoms with Crippen molar-refractivity contribution in [2.24, 2.45) is 0 Å². The average molecular weight is 459 g/mol. The van der Waals surface area contributed by atoms with Gasteiger partial charge in [0.2, 0.25) is 0 Å². The van der Waals surface area contributed by atoms with Gasteiger partial charge in [-0.15, -0.1) is 0 Å². The summed E-state index contributed by atoms with van der Waals surface area (Å²) >= 11 is 6.35. The van der Waals surface area contributed by atoms with E-state index in [1.165, 1.54) is 18.2 Å². The van der Waals surface area contributed by atoms with Gasteiger partial charge in [-0.3, -0.25) is 0 Å². The zero-order chi connectivity index (χ0) is 23.7. The van der Waals surface area contributed by atoms with Crippen molar-refractivity contribution in [2.75, 3.05) is 0 Å². The topological polar surface area (TPSA) is 114 Å². The molecule has 0 aliphatic carbocycles. The first-order valence-electron chi connectivity index (χ1n) is 10.3. The Kier molecular flexibility index (Phi) is 5.91. The van der Waals surface area contributed by atoms with Gasteiger partial charge in [0.25, 0.3) is 0 Å². The number of aromatic amines is 1. The number of hydrogen-bond acceptors (Lipinski definition) is 3. The fourth-order valence-corrected chi connectivity index (χ4v) is 4.54. The Morgan fingerprint density at radius 3 is 2.52 bits per heavy atom. The van der Waals surface area contributed by atoms with E-state index >= 15 is 0 Å². The third-order valence-corrected chi connectivity index (χ3v) is 5.98. The van der Waals surface area contributed by atoms with Gasteiger partial charge in [-0.1, -0.05) is 36.7 Å². The summed E-state index contributed by atoms with van der Waals surface area (Å²) < 4.78 is 0. The lowest BCUT2D eigenvalue weighted by Crippen LogP contribution is -2.08. The molecule has 3 aromatic carbocycles. The quantitative estimate of drug-likeness (QED) is 0.313. The molecule has 0 amide bonds. The maximum Gasteiger partial charge on any atom is 0.336 e. The number of carboxylic acid groups (broad SMARTS) is 2. The van der Waals surface area contributed by atoms with E-state index in [1.54, 1.807) is 30.3 Å². The molecule has 1 atom stereocenters. The van der Waals surface area contributed by atoms with E-state index in [4.69, 9.17) is 11.6 Å². The van der Waals surface area contributed by atoms with Gasteiger partial charge in [-0.2, -0.15) is 5.26 Å². The zero-order valence-electron chi connectivity index (χ0n) is 17.6. The molecule has 0 fully saturated rings. The van der Waals surface area contributed by atoms with Crippen LogP contribution < -0.4 is 0 Å². The lowest BCUT2D eigenvalue weighted by atomic mass is 9.82. The number of H-pyrrole nitrogens is 1. The van der Waals surface area contributed by atoms with Crippen molar-refractivity contribution < 1.29 is 19.8 Å². The van der Waals surface area contributed by atoms with E-state index in [2.05, 4.69) is 11.1 Å². The molecular weight excluding hydrogens is 440 g/mol. The van der Waals surface area contributed by atoms with Crippen molar-refractivity contribution in [1.82, 2.24) is 4.98 Å². The Labute approximate surface area is 194 Å². The number of nitrogens with zero attached hydrogens (tertiary/aromatic N) is 1. The van der Waals surface area contributed by atoms with Crippen molar-refractivity contribution >= 4 is 34.4 Å². The summed E-state index contributed by atoms with van der Waals surface area (Å²) in [5, 5.41) is 29.8. The van der Waals surface area contributed by atoms with Crippen molar-refractivity contribution in [1.29, 1.82) is 5.26 Å². The first kappa shape index (κ1) is 22.1. The molecule has 1 heterocycles. The fourth-order valence-electron chi connectivity index (χ4n) is 4.32. The molecule has 4 aromatic rings. The Hall–Kier alpha value is -4.08. The summed E-state index contributed by atoms with van der Waals surface area (Å²) in [7, 11) is 0. The second-order valence-corrected chi connectivity index (χ2v) is 8.12. The zero-order valence-corrected chi connectivity index (χ0v) is 18.3. The number of aromatic carboxylic acids is 2. The number of carboxylic acids is 2. The molecule has 0 saturated heterocycles. The van der Waals surface area contributed by atoms with Gasteiger partial charge in [0.05, 0.1) is 22.8 Å². The van der Waals surface area contributed by atoms with Crippen LogP contribution in [0.5, 0.6) is 0 Å². The number of benzene rings is 3. The summed E-state index contributed by atoms with van der Waals surface area (Å²) in [5.41, 5.74) is 3.96. The SMILES string of the molecule is CCC(c1cc(Cl)cc(C(=O)O)c1-c1cccc(C(=O)O)c1)c1c[nH]c2cc(C#N)ccc12. The summed E-state index contributed by atoms with van der Waals surface area (Å²) in [5.74, 6) is -2.48. The molecule has 7 heteroatoms. The van der Waals surface area contributed by atoms with E-state index in [0.29, 0.717) is 28.7 Å². The van der Waals surface area contributed by atoms with Crippen LogP contribution in [-0.4, -0.2) is 27.1 Å². The predicted octanol–water partition coefficient (Wildman–Crippen LogP) is 6.30. The second kappa shape index (κ2) is 8.81. The van der Waals surface area contributed by atoms with Gasteiger partial charge < -0.3 is 15.2 Å².